The summed E-state index contributed by atoms with van der Waals surface area (Å²) >= 11 is 0. The lowest BCUT2D eigenvalue weighted by atomic mass is 9.94. The molecule has 0 radical (unpaired) electrons. The molecule has 0 atom stereocenters. The third kappa shape index (κ3) is 3.98. The minimum Gasteiger partial charge on any atom is -0.353 e. The normalized spacial score (nSPS) is 25.4. The first kappa shape index (κ1) is 14.9. The zero-order chi connectivity index (χ0) is 14.7. The fourth-order valence-electron chi connectivity index (χ4n) is 3.69. The third-order valence-electron chi connectivity index (χ3n) is 5.31. The first-order valence-corrected chi connectivity index (χ1v) is 8.83. The number of hydrogen-bond acceptors (Lipinski definition) is 2. The van der Waals surface area contributed by atoms with E-state index >= 15 is 0 Å². The van der Waals surface area contributed by atoms with E-state index < -0.39 is 0 Å². The van der Waals surface area contributed by atoms with Gasteiger partial charge in [0.15, 0.2) is 0 Å². The summed E-state index contributed by atoms with van der Waals surface area (Å²) in [5.41, 5.74) is 0. The average molecular weight is 292 g/mol. The molecule has 3 fully saturated rings. The van der Waals surface area contributed by atoms with E-state index in [9.17, 15) is 9.59 Å². The Morgan fingerprint density at radius 2 is 1.38 bits per heavy atom. The van der Waals surface area contributed by atoms with Gasteiger partial charge in [0.25, 0.3) is 0 Å². The highest BCUT2D eigenvalue weighted by atomic mass is 16.2. The van der Waals surface area contributed by atoms with E-state index in [1.807, 2.05) is 4.90 Å². The van der Waals surface area contributed by atoms with Crippen LogP contribution in [0.4, 0.5) is 0 Å². The van der Waals surface area contributed by atoms with Crippen LogP contribution in [-0.4, -0.2) is 35.8 Å². The highest BCUT2D eigenvalue weighted by Gasteiger charge is 2.36. The van der Waals surface area contributed by atoms with Crippen LogP contribution in [0.2, 0.25) is 0 Å². The maximum atomic E-state index is 12.4. The van der Waals surface area contributed by atoms with Crippen LogP contribution in [0.25, 0.3) is 0 Å². The molecule has 2 aliphatic carbocycles. The van der Waals surface area contributed by atoms with Gasteiger partial charge in [-0.3, -0.25) is 9.59 Å². The van der Waals surface area contributed by atoms with Crippen molar-refractivity contribution in [1.82, 2.24) is 10.2 Å². The van der Waals surface area contributed by atoms with E-state index in [1.54, 1.807) is 0 Å². The molecule has 1 aliphatic heterocycles. The van der Waals surface area contributed by atoms with Crippen molar-refractivity contribution < 1.29 is 9.59 Å². The molecule has 3 rings (SSSR count). The Balaban J connectivity index is 1.42. The Bertz CT molecular complexity index is 376. The Hall–Kier alpha value is -1.06. The van der Waals surface area contributed by atoms with Crippen LogP contribution < -0.4 is 5.32 Å². The number of amides is 2. The van der Waals surface area contributed by atoms with Gasteiger partial charge in [-0.1, -0.05) is 25.7 Å². The maximum absolute atomic E-state index is 12.4. The number of carbonyl (C=O) groups is 2. The van der Waals surface area contributed by atoms with Gasteiger partial charge in [0.1, 0.15) is 0 Å². The van der Waals surface area contributed by atoms with Crippen LogP contribution in [0.3, 0.4) is 0 Å². The third-order valence-corrected chi connectivity index (χ3v) is 5.31. The van der Waals surface area contributed by atoms with E-state index in [4.69, 9.17) is 0 Å². The summed E-state index contributed by atoms with van der Waals surface area (Å²) in [5.74, 6) is 0.996. The van der Waals surface area contributed by atoms with E-state index in [-0.39, 0.29) is 11.8 Å². The Morgan fingerprint density at radius 3 is 1.95 bits per heavy atom. The van der Waals surface area contributed by atoms with Gasteiger partial charge in [0, 0.05) is 31.0 Å². The molecule has 0 unspecified atom stereocenters. The number of nitrogens with zero attached hydrogens (tertiary/aromatic N) is 1. The van der Waals surface area contributed by atoms with Gasteiger partial charge >= 0.3 is 0 Å². The number of hydrogen-bond donors (Lipinski definition) is 1. The molecular formula is C17H28N2O2. The molecule has 3 aliphatic rings. The standard InChI is InChI=1S/C17H28N2O2/c20-16(18-15-5-3-1-2-4-6-15)13-9-11-19(12-10-13)17(21)14-7-8-14/h13-15H,1-12H2,(H,18,20). The largest absolute Gasteiger partial charge is 0.353 e. The van der Waals surface area contributed by atoms with E-state index in [1.165, 1.54) is 25.7 Å². The van der Waals surface area contributed by atoms with Gasteiger partial charge in [-0.15, -0.1) is 0 Å². The summed E-state index contributed by atoms with van der Waals surface area (Å²) in [4.78, 5) is 26.4. The second-order valence-corrected chi connectivity index (χ2v) is 7.07. The van der Waals surface area contributed by atoms with Crippen LogP contribution in [0.1, 0.15) is 64.2 Å². The lowest BCUT2D eigenvalue weighted by Gasteiger charge is -2.32. The molecule has 1 N–H and O–H groups in total. The van der Waals surface area contributed by atoms with Gasteiger partial charge in [-0.05, 0) is 38.5 Å². The Labute approximate surface area is 127 Å². The molecular weight excluding hydrogens is 264 g/mol. The lowest BCUT2D eigenvalue weighted by Crippen LogP contribution is -2.45. The first-order valence-electron chi connectivity index (χ1n) is 8.83. The van der Waals surface area contributed by atoms with Crippen molar-refractivity contribution in [3.63, 3.8) is 0 Å². The number of likely N-dealkylation sites (tertiary alicyclic amines) is 1. The zero-order valence-corrected chi connectivity index (χ0v) is 13.0. The first-order chi connectivity index (χ1) is 10.2. The predicted molar refractivity (Wildman–Crippen MR) is 81.7 cm³/mol. The van der Waals surface area contributed by atoms with Gasteiger partial charge < -0.3 is 10.2 Å². The van der Waals surface area contributed by atoms with Gasteiger partial charge in [0.2, 0.25) is 11.8 Å². The van der Waals surface area contributed by atoms with Crippen LogP contribution in [-0.2, 0) is 9.59 Å². The number of carbonyl (C=O) groups excluding carboxylic acids is 2. The minimum absolute atomic E-state index is 0.122. The van der Waals surface area contributed by atoms with Crippen molar-refractivity contribution in [2.45, 2.75) is 70.3 Å². The molecule has 0 bridgehead atoms. The second-order valence-electron chi connectivity index (χ2n) is 7.07. The van der Waals surface area contributed by atoms with Crippen molar-refractivity contribution in [2.24, 2.45) is 11.8 Å². The monoisotopic (exact) mass is 292 g/mol. The molecule has 0 spiro atoms. The summed E-state index contributed by atoms with van der Waals surface area (Å²) in [7, 11) is 0. The van der Waals surface area contributed by atoms with Gasteiger partial charge in [0.05, 0.1) is 0 Å². The van der Waals surface area contributed by atoms with Crippen LogP contribution in [0.15, 0.2) is 0 Å². The Morgan fingerprint density at radius 1 is 0.762 bits per heavy atom. The highest BCUT2D eigenvalue weighted by molar-refractivity contribution is 5.82. The van der Waals surface area contributed by atoms with Crippen molar-refractivity contribution >= 4 is 11.8 Å². The molecule has 0 aromatic rings. The molecule has 0 aromatic carbocycles. The minimum atomic E-state index is 0.122. The number of piperidine rings is 1. The maximum Gasteiger partial charge on any atom is 0.225 e. The summed E-state index contributed by atoms with van der Waals surface area (Å²) < 4.78 is 0. The fraction of sp³-hybridized carbons (Fsp3) is 0.882. The van der Waals surface area contributed by atoms with Gasteiger partial charge in [-0.2, -0.15) is 0 Å². The average Bonchev–Trinajstić information content (AvgIpc) is 3.34. The highest BCUT2D eigenvalue weighted by Crippen LogP contribution is 2.32. The SMILES string of the molecule is O=C(NC1CCCCCC1)C1CCN(C(=O)C2CC2)CC1. The van der Waals surface area contributed by atoms with E-state index in [2.05, 4.69) is 5.32 Å². The van der Waals surface area contributed by atoms with Crippen molar-refractivity contribution in [3.05, 3.63) is 0 Å². The molecule has 21 heavy (non-hydrogen) atoms. The zero-order valence-electron chi connectivity index (χ0n) is 13.0. The van der Waals surface area contributed by atoms with E-state index in [0.717, 1.165) is 51.6 Å². The van der Waals surface area contributed by atoms with Gasteiger partial charge in [-0.25, -0.2) is 0 Å². The molecule has 2 amide bonds. The molecule has 1 saturated heterocycles. The molecule has 4 heteroatoms. The smallest absolute Gasteiger partial charge is 0.225 e. The van der Waals surface area contributed by atoms with Crippen molar-refractivity contribution in [1.29, 1.82) is 0 Å². The molecule has 4 nitrogen and oxygen atoms in total. The van der Waals surface area contributed by atoms with Crippen molar-refractivity contribution in [2.75, 3.05) is 13.1 Å². The number of nitrogens with one attached hydrogen (secondary N) is 1. The number of rotatable bonds is 3. The predicted octanol–water partition coefficient (Wildman–Crippen LogP) is 2.47. The molecule has 0 aromatic heterocycles. The topological polar surface area (TPSA) is 49.4 Å². The summed E-state index contributed by atoms with van der Waals surface area (Å²) in [5, 5.41) is 3.27. The second kappa shape index (κ2) is 6.80. The van der Waals surface area contributed by atoms with Crippen LogP contribution >= 0.6 is 0 Å². The fourth-order valence-corrected chi connectivity index (χ4v) is 3.69. The van der Waals surface area contributed by atoms with Crippen molar-refractivity contribution in [3.8, 4) is 0 Å². The van der Waals surface area contributed by atoms with Crippen LogP contribution in [0, 0.1) is 11.8 Å². The molecule has 2 saturated carbocycles. The Kier molecular flexibility index (Phi) is 4.81. The van der Waals surface area contributed by atoms with Crippen LogP contribution in [0.5, 0.6) is 0 Å². The summed E-state index contributed by atoms with van der Waals surface area (Å²) in [6, 6.07) is 0.395. The lowest BCUT2D eigenvalue weighted by molar-refractivity contribution is -0.136. The summed E-state index contributed by atoms with van der Waals surface area (Å²) in [6.45, 7) is 1.55. The quantitative estimate of drug-likeness (QED) is 0.812. The van der Waals surface area contributed by atoms with E-state index in [0.29, 0.717) is 17.9 Å². The molecule has 1 heterocycles. The molecule has 118 valence electrons. The summed E-state index contributed by atoms with van der Waals surface area (Å²) in [6.07, 6.45) is 11.2.